The largest absolute Gasteiger partial charge is 0.339 e. The van der Waals surface area contributed by atoms with Gasteiger partial charge >= 0.3 is 0 Å². The molecule has 3 rings (SSSR count). The van der Waals surface area contributed by atoms with Gasteiger partial charge in [-0.1, -0.05) is 63.4 Å². The first-order valence-corrected chi connectivity index (χ1v) is 10.9. The van der Waals surface area contributed by atoms with E-state index >= 15 is 0 Å². The van der Waals surface area contributed by atoms with Crippen LogP contribution in [0.4, 0.5) is 0 Å². The van der Waals surface area contributed by atoms with Gasteiger partial charge in [0.1, 0.15) is 0 Å². The number of amides is 2. The molecule has 2 N–H and O–H groups in total. The summed E-state index contributed by atoms with van der Waals surface area (Å²) in [5, 5.41) is 0. The molecule has 1 saturated carbocycles. The highest BCUT2D eigenvalue weighted by Gasteiger charge is 2.38. The Labute approximate surface area is 169 Å². The van der Waals surface area contributed by atoms with Gasteiger partial charge in [0.25, 0.3) is 0 Å². The average Bonchev–Trinajstić information content (AvgIpc) is 3.18. The van der Waals surface area contributed by atoms with Gasteiger partial charge in [-0.3, -0.25) is 9.59 Å². The maximum Gasteiger partial charge on any atom is 0.239 e. The van der Waals surface area contributed by atoms with Crippen molar-refractivity contribution in [3.8, 4) is 0 Å². The lowest BCUT2D eigenvalue weighted by atomic mass is 9.92. The number of benzene rings is 1. The third kappa shape index (κ3) is 4.93. The lowest BCUT2D eigenvalue weighted by molar-refractivity contribution is -0.141. The number of rotatable bonds is 6. The van der Waals surface area contributed by atoms with Crippen LogP contribution in [0.15, 0.2) is 30.3 Å². The minimum atomic E-state index is -0.523. The SMILES string of the molecule is CC(C)C(=O)N(C1CCCCC1)C1CCN(C(=O)C(N)Cc2ccccc2)C1. The van der Waals surface area contributed by atoms with Crippen LogP contribution in [-0.4, -0.2) is 52.8 Å². The molecule has 2 amide bonds. The Kier molecular flexibility index (Phi) is 7.11. The number of nitrogens with two attached hydrogens (primary N) is 1. The molecular formula is C23H35N3O2. The summed E-state index contributed by atoms with van der Waals surface area (Å²) >= 11 is 0. The minimum Gasteiger partial charge on any atom is -0.339 e. The monoisotopic (exact) mass is 385 g/mol. The van der Waals surface area contributed by atoms with Crippen LogP contribution >= 0.6 is 0 Å². The Morgan fingerprint density at radius 3 is 2.39 bits per heavy atom. The van der Waals surface area contributed by atoms with E-state index in [0.717, 1.165) is 24.8 Å². The van der Waals surface area contributed by atoms with Crippen LogP contribution in [0, 0.1) is 5.92 Å². The quantitative estimate of drug-likeness (QED) is 0.819. The van der Waals surface area contributed by atoms with Crippen molar-refractivity contribution < 1.29 is 9.59 Å². The Morgan fingerprint density at radius 2 is 1.75 bits per heavy atom. The van der Waals surface area contributed by atoms with Crippen molar-refractivity contribution in [3.63, 3.8) is 0 Å². The molecule has 1 heterocycles. The molecule has 5 heteroatoms. The summed E-state index contributed by atoms with van der Waals surface area (Å²) in [5.41, 5.74) is 7.31. The van der Waals surface area contributed by atoms with Gasteiger partial charge in [0.2, 0.25) is 11.8 Å². The van der Waals surface area contributed by atoms with E-state index in [4.69, 9.17) is 5.73 Å². The number of likely N-dealkylation sites (tertiary alicyclic amines) is 1. The lowest BCUT2D eigenvalue weighted by Gasteiger charge is -2.39. The molecular weight excluding hydrogens is 350 g/mol. The fraction of sp³-hybridized carbons (Fsp3) is 0.652. The molecule has 1 saturated heterocycles. The van der Waals surface area contributed by atoms with Gasteiger partial charge in [0.15, 0.2) is 0 Å². The first-order chi connectivity index (χ1) is 13.5. The van der Waals surface area contributed by atoms with Crippen molar-refractivity contribution in [1.29, 1.82) is 0 Å². The van der Waals surface area contributed by atoms with Crippen LogP contribution in [0.5, 0.6) is 0 Å². The van der Waals surface area contributed by atoms with Gasteiger partial charge in [-0.2, -0.15) is 0 Å². The van der Waals surface area contributed by atoms with Gasteiger partial charge in [0, 0.05) is 25.0 Å². The molecule has 2 atom stereocenters. The Morgan fingerprint density at radius 1 is 1.07 bits per heavy atom. The van der Waals surface area contributed by atoms with Crippen molar-refractivity contribution in [2.24, 2.45) is 11.7 Å². The molecule has 1 aromatic carbocycles. The third-order valence-corrected chi connectivity index (χ3v) is 6.20. The van der Waals surface area contributed by atoms with E-state index in [2.05, 4.69) is 4.90 Å². The number of nitrogens with zero attached hydrogens (tertiary/aromatic N) is 2. The second kappa shape index (κ2) is 9.55. The summed E-state index contributed by atoms with van der Waals surface area (Å²) in [6, 6.07) is 9.86. The van der Waals surface area contributed by atoms with Crippen LogP contribution in [0.3, 0.4) is 0 Å². The van der Waals surface area contributed by atoms with E-state index in [1.165, 1.54) is 19.3 Å². The summed E-state index contributed by atoms with van der Waals surface area (Å²) in [4.78, 5) is 29.9. The van der Waals surface area contributed by atoms with Gasteiger partial charge < -0.3 is 15.5 Å². The first kappa shape index (κ1) is 20.8. The molecule has 0 spiro atoms. The summed E-state index contributed by atoms with van der Waals surface area (Å²) in [7, 11) is 0. The molecule has 1 aliphatic carbocycles. The second-order valence-electron chi connectivity index (χ2n) is 8.72. The van der Waals surface area contributed by atoms with Crippen molar-refractivity contribution in [3.05, 3.63) is 35.9 Å². The van der Waals surface area contributed by atoms with E-state index in [-0.39, 0.29) is 23.8 Å². The van der Waals surface area contributed by atoms with Gasteiger partial charge in [0.05, 0.1) is 12.1 Å². The molecule has 2 fully saturated rings. The topological polar surface area (TPSA) is 66.6 Å². The molecule has 0 radical (unpaired) electrons. The zero-order valence-corrected chi connectivity index (χ0v) is 17.3. The van der Waals surface area contributed by atoms with E-state index in [1.807, 2.05) is 49.1 Å². The maximum absolute atomic E-state index is 13.0. The predicted molar refractivity (Wildman–Crippen MR) is 112 cm³/mol. The highest BCUT2D eigenvalue weighted by Crippen LogP contribution is 2.29. The first-order valence-electron chi connectivity index (χ1n) is 10.9. The van der Waals surface area contributed by atoms with Crippen molar-refractivity contribution in [2.45, 2.75) is 76.9 Å². The van der Waals surface area contributed by atoms with E-state index in [9.17, 15) is 9.59 Å². The molecule has 1 aliphatic heterocycles. The van der Waals surface area contributed by atoms with E-state index < -0.39 is 6.04 Å². The highest BCUT2D eigenvalue weighted by molar-refractivity contribution is 5.83. The molecule has 2 unspecified atom stereocenters. The zero-order chi connectivity index (χ0) is 20.1. The van der Waals surface area contributed by atoms with E-state index in [1.54, 1.807) is 0 Å². The number of carbonyl (C=O) groups is 2. The van der Waals surface area contributed by atoms with Crippen molar-refractivity contribution in [1.82, 2.24) is 9.80 Å². The van der Waals surface area contributed by atoms with Crippen LogP contribution in [-0.2, 0) is 16.0 Å². The fourth-order valence-electron chi connectivity index (χ4n) is 4.67. The van der Waals surface area contributed by atoms with Crippen LogP contribution in [0.2, 0.25) is 0 Å². The highest BCUT2D eigenvalue weighted by atomic mass is 16.2. The molecule has 2 aliphatic rings. The standard InChI is InChI=1S/C23H35N3O2/c1-17(2)22(27)26(19-11-7-4-8-12-19)20-13-14-25(16-20)23(28)21(24)15-18-9-5-3-6-10-18/h3,5-6,9-10,17,19-21H,4,7-8,11-16,24H2,1-2H3. The molecule has 28 heavy (non-hydrogen) atoms. The van der Waals surface area contributed by atoms with Crippen LogP contribution < -0.4 is 5.73 Å². The lowest BCUT2D eigenvalue weighted by Crippen LogP contribution is -2.51. The number of hydrogen-bond donors (Lipinski definition) is 1. The molecule has 0 bridgehead atoms. The number of hydrogen-bond acceptors (Lipinski definition) is 3. The van der Waals surface area contributed by atoms with Crippen molar-refractivity contribution >= 4 is 11.8 Å². The van der Waals surface area contributed by atoms with Gasteiger partial charge in [-0.25, -0.2) is 0 Å². The molecule has 1 aromatic rings. The van der Waals surface area contributed by atoms with Crippen molar-refractivity contribution in [2.75, 3.05) is 13.1 Å². The van der Waals surface area contributed by atoms with Crippen LogP contribution in [0.1, 0.15) is 57.9 Å². The molecule has 0 aromatic heterocycles. The smallest absolute Gasteiger partial charge is 0.239 e. The summed E-state index contributed by atoms with van der Waals surface area (Å²) < 4.78 is 0. The summed E-state index contributed by atoms with van der Waals surface area (Å²) in [6.45, 7) is 5.27. The normalized spacial score (nSPS) is 21.7. The Bertz CT molecular complexity index is 655. The Balaban J connectivity index is 1.64. The number of carbonyl (C=O) groups excluding carboxylic acids is 2. The fourth-order valence-corrected chi connectivity index (χ4v) is 4.67. The Hall–Kier alpha value is -1.88. The van der Waals surface area contributed by atoms with E-state index in [0.29, 0.717) is 25.6 Å². The van der Waals surface area contributed by atoms with Gasteiger partial charge in [-0.15, -0.1) is 0 Å². The van der Waals surface area contributed by atoms with Gasteiger partial charge in [-0.05, 0) is 31.2 Å². The third-order valence-electron chi connectivity index (χ3n) is 6.20. The van der Waals surface area contributed by atoms with Crippen LogP contribution in [0.25, 0.3) is 0 Å². The average molecular weight is 386 g/mol. The molecule has 5 nitrogen and oxygen atoms in total. The summed E-state index contributed by atoms with van der Waals surface area (Å²) in [5.74, 6) is 0.235. The zero-order valence-electron chi connectivity index (χ0n) is 17.3. The molecule has 154 valence electrons. The predicted octanol–water partition coefficient (Wildman–Crippen LogP) is 2.97. The second-order valence-corrected chi connectivity index (χ2v) is 8.72. The minimum absolute atomic E-state index is 0.00643. The summed E-state index contributed by atoms with van der Waals surface area (Å²) in [6.07, 6.45) is 7.27. The maximum atomic E-state index is 13.0.